The van der Waals surface area contributed by atoms with Crippen LogP contribution in [0.3, 0.4) is 0 Å². The molecule has 4 heteroatoms. The molecule has 1 aliphatic carbocycles. The van der Waals surface area contributed by atoms with Crippen LogP contribution < -0.4 is 14.2 Å². The van der Waals surface area contributed by atoms with Gasteiger partial charge in [-0.05, 0) is 98.2 Å². The van der Waals surface area contributed by atoms with Gasteiger partial charge in [0.05, 0.1) is 11.8 Å². The number of ether oxygens (including phenoxy) is 1. The third-order valence-electron chi connectivity index (χ3n) is 6.75. The van der Waals surface area contributed by atoms with Crippen LogP contribution in [0.1, 0.15) is 43.2 Å². The van der Waals surface area contributed by atoms with Gasteiger partial charge in [-0.1, -0.05) is 18.2 Å². The maximum absolute atomic E-state index is 6.08. The molecule has 2 aliphatic rings. The van der Waals surface area contributed by atoms with Gasteiger partial charge in [0.1, 0.15) is 7.05 Å². The number of benzene rings is 2. The summed E-state index contributed by atoms with van der Waals surface area (Å²) in [6.45, 7) is 6.44. The molecule has 0 saturated carbocycles. The molecule has 0 amide bonds. The minimum atomic E-state index is 0.864. The van der Waals surface area contributed by atoms with E-state index in [0.29, 0.717) is 0 Å². The zero-order chi connectivity index (χ0) is 23.1. The molecule has 3 aromatic rings. The standard InChI is InChI=1S/C29H31N2O2/c1-19-9-13-26-24(17-19)30(4)28(32-26)15-11-22-7-6-8-23(21(22)3)12-16-29-31(5)25-18-20(2)10-14-27(25)33-29/h9-18H,6-8H2,1-5H3/q+1. The lowest BCUT2D eigenvalue weighted by Gasteiger charge is -2.18. The van der Waals surface area contributed by atoms with Gasteiger partial charge in [-0.15, -0.1) is 0 Å². The smallest absolute Gasteiger partial charge is 0.373 e. The first-order valence-electron chi connectivity index (χ1n) is 11.6. The minimum absolute atomic E-state index is 0.864. The highest BCUT2D eigenvalue weighted by atomic mass is 16.5. The van der Waals surface area contributed by atoms with E-state index in [-0.39, 0.29) is 0 Å². The first-order chi connectivity index (χ1) is 15.9. The second-order valence-corrected chi connectivity index (χ2v) is 9.14. The van der Waals surface area contributed by atoms with Gasteiger partial charge in [-0.3, -0.25) is 0 Å². The predicted octanol–water partition coefficient (Wildman–Crippen LogP) is 6.68. The van der Waals surface area contributed by atoms with Gasteiger partial charge < -0.3 is 14.1 Å². The van der Waals surface area contributed by atoms with Crippen LogP contribution in [0.2, 0.25) is 0 Å². The van der Waals surface area contributed by atoms with Gasteiger partial charge in [0.25, 0.3) is 5.52 Å². The van der Waals surface area contributed by atoms with Crippen molar-refractivity contribution in [3.8, 4) is 5.75 Å². The summed E-state index contributed by atoms with van der Waals surface area (Å²) in [4.78, 5) is 2.12. The average Bonchev–Trinajstić information content (AvgIpc) is 3.28. The van der Waals surface area contributed by atoms with E-state index >= 15 is 0 Å². The molecule has 2 aromatic carbocycles. The zero-order valence-electron chi connectivity index (χ0n) is 20.1. The molecule has 4 nitrogen and oxygen atoms in total. The van der Waals surface area contributed by atoms with Crippen molar-refractivity contribution in [3.63, 3.8) is 0 Å². The van der Waals surface area contributed by atoms with Crippen LogP contribution in [0.4, 0.5) is 5.69 Å². The molecular weight excluding hydrogens is 408 g/mol. The van der Waals surface area contributed by atoms with E-state index in [2.05, 4.69) is 92.9 Å². The number of hydrogen-bond donors (Lipinski definition) is 0. The molecule has 0 radical (unpaired) electrons. The van der Waals surface area contributed by atoms with Crippen molar-refractivity contribution in [2.24, 2.45) is 7.05 Å². The van der Waals surface area contributed by atoms with E-state index in [1.165, 1.54) is 27.8 Å². The fourth-order valence-electron chi connectivity index (χ4n) is 4.65. The van der Waals surface area contributed by atoms with Crippen molar-refractivity contribution in [1.82, 2.24) is 0 Å². The molecule has 1 aromatic heterocycles. The monoisotopic (exact) mass is 439 g/mol. The Hall–Kier alpha value is -3.53. The molecule has 0 unspecified atom stereocenters. The minimum Gasteiger partial charge on any atom is -0.439 e. The van der Waals surface area contributed by atoms with Gasteiger partial charge in [-0.2, -0.15) is 4.57 Å². The lowest BCUT2D eigenvalue weighted by molar-refractivity contribution is -0.652. The van der Waals surface area contributed by atoms with Crippen LogP contribution in [0, 0.1) is 13.8 Å². The molecule has 2 heterocycles. The average molecular weight is 440 g/mol. The second-order valence-electron chi connectivity index (χ2n) is 9.14. The molecule has 1 aliphatic heterocycles. The van der Waals surface area contributed by atoms with Crippen molar-refractivity contribution < 1.29 is 13.7 Å². The van der Waals surface area contributed by atoms with Gasteiger partial charge in [-0.25, -0.2) is 0 Å². The molecule has 0 N–H and O–H groups in total. The SMILES string of the molecule is CC1=C(C=Cc2oc3ccc(C)cc3[n+]2C)CCCC1=CC=C1Oc2ccc(C)cc2N1C. The summed E-state index contributed by atoms with van der Waals surface area (Å²) in [5.74, 6) is 2.65. The number of hydrogen-bond acceptors (Lipinski definition) is 3. The first-order valence-corrected chi connectivity index (χ1v) is 11.6. The van der Waals surface area contributed by atoms with Crippen molar-refractivity contribution in [2.75, 3.05) is 11.9 Å². The third-order valence-corrected chi connectivity index (χ3v) is 6.75. The molecule has 0 spiro atoms. The van der Waals surface area contributed by atoms with Crippen LogP contribution >= 0.6 is 0 Å². The topological polar surface area (TPSA) is 29.5 Å². The van der Waals surface area contributed by atoms with Crippen LogP contribution in [0.15, 0.2) is 81.6 Å². The van der Waals surface area contributed by atoms with E-state index in [1.807, 2.05) is 12.1 Å². The third kappa shape index (κ3) is 4.02. The lowest BCUT2D eigenvalue weighted by atomic mass is 9.88. The van der Waals surface area contributed by atoms with Crippen molar-refractivity contribution in [3.05, 3.63) is 94.2 Å². The Morgan fingerprint density at radius 2 is 1.73 bits per heavy atom. The highest BCUT2D eigenvalue weighted by Gasteiger charge is 2.23. The Bertz CT molecular complexity index is 1370. The van der Waals surface area contributed by atoms with E-state index in [0.717, 1.165) is 53.6 Å². The largest absolute Gasteiger partial charge is 0.439 e. The molecule has 33 heavy (non-hydrogen) atoms. The summed E-state index contributed by atoms with van der Waals surface area (Å²) in [7, 11) is 4.12. The first kappa shape index (κ1) is 21.3. The fraction of sp³-hybridized carbons (Fsp3) is 0.276. The Kier molecular flexibility index (Phi) is 5.45. The van der Waals surface area contributed by atoms with Crippen LogP contribution in [0.25, 0.3) is 17.2 Å². The van der Waals surface area contributed by atoms with E-state index in [9.17, 15) is 0 Å². The summed E-state index contributed by atoms with van der Waals surface area (Å²) in [6.07, 6.45) is 12.0. The molecule has 0 atom stereocenters. The number of aromatic nitrogens is 1. The van der Waals surface area contributed by atoms with Crippen molar-refractivity contribution in [1.29, 1.82) is 0 Å². The quantitative estimate of drug-likeness (QED) is 0.426. The Morgan fingerprint density at radius 3 is 2.58 bits per heavy atom. The number of allylic oxidation sites excluding steroid dienone is 6. The number of fused-ring (bicyclic) bond motifs is 2. The van der Waals surface area contributed by atoms with Crippen molar-refractivity contribution >= 4 is 22.9 Å². The number of rotatable bonds is 3. The summed E-state index contributed by atoms with van der Waals surface area (Å²) in [6, 6.07) is 12.6. The van der Waals surface area contributed by atoms with Crippen LogP contribution in [-0.4, -0.2) is 7.05 Å². The molecule has 168 valence electrons. The molecule has 0 fully saturated rings. The molecule has 5 rings (SSSR count). The maximum Gasteiger partial charge on any atom is 0.373 e. The highest BCUT2D eigenvalue weighted by molar-refractivity contribution is 5.71. The Morgan fingerprint density at radius 1 is 0.939 bits per heavy atom. The summed E-state index contributed by atoms with van der Waals surface area (Å²) < 4.78 is 14.3. The lowest BCUT2D eigenvalue weighted by Crippen LogP contribution is -2.29. The number of aryl methyl sites for hydroxylation is 3. The summed E-state index contributed by atoms with van der Waals surface area (Å²) in [5.41, 5.74) is 9.70. The summed E-state index contributed by atoms with van der Waals surface area (Å²) >= 11 is 0. The van der Waals surface area contributed by atoms with Gasteiger partial charge in [0, 0.05) is 13.1 Å². The Labute approximate surface area is 195 Å². The maximum atomic E-state index is 6.08. The van der Waals surface area contributed by atoms with Gasteiger partial charge in [0.15, 0.2) is 11.6 Å². The Balaban J connectivity index is 1.40. The second kappa shape index (κ2) is 8.43. The zero-order valence-corrected chi connectivity index (χ0v) is 20.1. The fourth-order valence-corrected chi connectivity index (χ4v) is 4.65. The number of oxazole rings is 1. The molecule has 0 bridgehead atoms. The highest BCUT2D eigenvalue weighted by Crippen LogP contribution is 2.38. The van der Waals surface area contributed by atoms with Crippen molar-refractivity contribution in [2.45, 2.75) is 40.0 Å². The molecular formula is C29H31N2O2+. The van der Waals surface area contributed by atoms with Gasteiger partial charge in [0.2, 0.25) is 5.58 Å². The van der Waals surface area contributed by atoms with E-state index < -0.39 is 0 Å². The van der Waals surface area contributed by atoms with Crippen LogP contribution in [-0.2, 0) is 7.05 Å². The number of anilines is 1. The summed E-state index contributed by atoms with van der Waals surface area (Å²) in [5, 5.41) is 0. The van der Waals surface area contributed by atoms with E-state index in [1.54, 1.807) is 0 Å². The van der Waals surface area contributed by atoms with Crippen LogP contribution in [0.5, 0.6) is 5.75 Å². The number of nitrogens with zero attached hydrogens (tertiary/aromatic N) is 2. The molecule has 0 saturated heterocycles. The predicted molar refractivity (Wildman–Crippen MR) is 134 cm³/mol. The normalized spacial score (nSPS) is 18.8. The van der Waals surface area contributed by atoms with Gasteiger partial charge >= 0.3 is 5.89 Å². The van der Waals surface area contributed by atoms with E-state index in [4.69, 9.17) is 9.15 Å².